The zero-order valence-electron chi connectivity index (χ0n) is 9.70. The zero-order chi connectivity index (χ0) is 13.3. The molecule has 5 nitrogen and oxygen atoms in total. The summed E-state index contributed by atoms with van der Waals surface area (Å²) in [5, 5.41) is 11.5. The summed E-state index contributed by atoms with van der Waals surface area (Å²) < 4.78 is 17.8. The fourth-order valence-electron chi connectivity index (χ4n) is 1.63. The van der Waals surface area contributed by atoms with Crippen molar-refractivity contribution in [2.24, 2.45) is 5.41 Å². The molecule has 1 amide bonds. The summed E-state index contributed by atoms with van der Waals surface area (Å²) in [6, 6.07) is 4.05. The first-order chi connectivity index (χ1) is 8.45. The number of rotatable bonds is 3. The average molecular weight is 253 g/mol. The first-order valence-electron chi connectivity index (χ1n) is 5.34. The SMILES string of the molecule is Cc1cc(NC(=O)C2(C(=O)O)COC2)ccc1F. The lowest BCUT2D eigenvalue weighted by Crippen LogP contribution is -2.57. The first kappa shape index (κ1) is 12.5. The van der Waals surface area contributed by atoms with Gasteiger partial charge in [-0.15, -0.1) is 0 Å². The van der Waals surface area contributed by atoms with Gasteiger partial charge in [0.15, 0.2) is 5.41 Å². The largest absolute Gasteiger partial charge is 0.480 e. The van der Waals surface area contributed by atoms with E-state index in [0.29, 0.717) is 11.3 Å². The molecule has 0 unspecified atom stereocenters. The molecule has 2 N–H and O–H groups in total. The fraction of sp³-hybridized carbons (Fsp3) is 0.333. The van der Waals surface area contributed by atoms with Gasteiger partial charge in [-0.2, -0.15) is 0 Å². The molecule has 1 aliphatic rings. The Hall–Kier alpha value is -1.95. The maximum Gasteiger partial charge on any atom is 0.324 e. The summed E-state index contributed by atoms with van der Waals surface area (Å²) in [6.45, 7) is 1.27. The van der Waals surface area contributed by atoms with Crippen LogP contribution in [0.2, 0.25) is 0 Å². The van der Waals surface area contributed by atoms with Crippen LogP contribution in [0, 0.1) is 18.2 Å². The van der Waals surface area contributed by atoms with Crippen LogP contribution in [0.1, 0.15) is 5.56 Å². The lowest BCUT2D eigenvalue weighted by atomic mass is 9.85. The van der Waals surface area contributed by atoms with Gasteiger partial charge in [-0.05, 0) is 30.7 Å². The van der Waals surface area contributed by atoms with Crippen molar-refractivity contribution in [3.05, 3.63) is 29.6 Å². The Morgan fingerprint density at radius 2 is 2.11 bits per heavy atom. The minimum absolute atomic E-state index is 0.145. The van der Waals surface area contributed by atoms with E-state index in [-0.39, 0.29) is 19.0 Å². The Labute approximate surface area is 103 Å². The number of halogens is 1. The number of benzene rings is 1. The number of ether oxygens (including phenoxy) is 1. The minimum atomic E-state index is -1.53. The van der Waals surface area contributed by atoms with Crippen LogP contribution in [0.5, 0.6) is 0 Å². The van der Waals surface area contributed by atoms with Gasteiger partial charge in [-0.3, -0.25) is 9.59 Å². The second kappa shape index (κ2) is 4.38. The summed E-state index contributed by atoms with van der Waals surface area (Å²) in [5.41, 5.74) is -0.782. The highest BCUT2D eigenvalue weighted by atomic mass is 19.1. The number of carbonyl (C=O) groups excluding carboxylic acids is 1. The van der Waals surface area contributed by atoms with Crippen molar-refractivity contribution in [2.75, 3.05) is 18.5 Å². The summed E-state index contributed by atoms with van der Waals surface area (Å²) in [7, 11) is 0. The molecule has 0 bridgehead atoms. The second-order valence-corrected chi connectivity index (χ2v) is 4.30. The Kier molecular flexibility index (Phi) is 3.04. The van der Waals surface area contributed by atoms with E-state index in [1.807, 2.05) is 0 Å². The lowest BCUT2D eigenvalue weighted by Gasteiger charge is -2.35. The van der Waals surface area contributed by atoms with Crippen LogP contribution in [-0.4, -0.2) is 30.2 Å². The van der Waals surface area contributed by atoms with E-state index in [1.54, 1.807) is 6.92 Å². The highest BCUT2D eigenvalue weighted by Crippen LogP contribution is 2.29. The highest BCUT2D eigenvalue weighted by Gasteiger charge is 2.53. The molecular formula is C12H12FNO4. The van der Waals surface area contributed by atoms with Crippen LogP contribution in [0.25, 0.3) is 0 Å². The molecule has 18 heavy (non-hydrogen) atoms. The number of anilines is 1. The standard InChI is InChI=1S/C12H12FNO4/c1-7-4-8(2-3-9(7)13)14-10(15)12(11(16)17)5-18-6-12/h2-4H,5-6H2,1H3,(H,14,15)(H,16,17). The van der Waals surface area contributed by atoms with Crippen molar-refractivity contribution < 1.29 is 23.8 Å². The molecular weight excluding hydrogens is 241 g/mol. The van der Waals surface area contributed by atoms with Gasteiger partial charge in [0.25, 0.3) is 0 Å². The summed E-state index contributed by atoms with van der Waals surface area (Å²) >= 11 is 0. The normalized spacial score (nSPS) is 16.8. The molecule has 2 rings (SSSR count). The van der Waals surface area contributed by atoms with Crippen LogP contribution in [-0.2, 0) is 14.3 Å². The number of carbonyl (C=O) groups is 2. The molecule has 96 valence electrons. The van der Waals surface area contributed by atoms with E-state index in [4.69, 9.17) is 9.84 Å². The number of hydrogen-bond acceptors (Lipinski definition) is 3. The number of carboxylic acid groups (broad SMARTS) is 1. The molecule has 1 aromatic rings. The number of carboxylic acids is 1. The number of aryl methyl sites for hydroxylation is 1. The topological polar surface area (TPSA) is 75.6 Å². The molecule has 0 radical (unpaired) electrons. The predicted octanol–water partition coefficient (Wildman–Crippen LogP) is 1.17. The molecule has 0 aromatic heterocycles. The maximum absolute atomic E-state index is 13.0. The predicted molar refractivity (Wildman–Crippen MR) is 60.7 cm³/mol. The quantitative estimate of drug-likeness (QED) is 0.793. The number of hydrogen-bond donors (Lipinski definition) is 2. The average Bonchev–Trinajstić information content (AvgIpc) is 2.21. The van der Waals surface area contributed by atoms with Gasteiger partial charge in [0.2, 0.25) is 5.91 Å². The third-order valence-corrected chi connectivity index (χ3v) is 2.96. The molecule has 1 aliphatic heterocycles. The molecule has 1 heterocycles. The van der Waals surface area contributed by atoms with E-state index in [1.165, 1.54) is 18.2 Å². The van der Waals surface area contributed by atoms with Gasteiger partial charge < -0.3 is 15.2 Å². The van der Waals surface area contributed by atoms with Crippen LogP contribution >= 0.6 is 0 Å². The van der Waals surface area contributed by atoms with Crippen LogP contribution < -0.4 is 5.32 Å². The van der Waals surface area contributed by atoms with Crippen molar-refractivity contribution in [1.82, 2.24) is 0 Å². The number of amides is 1. The van der Waals surface area contributed by atoms with Gasteiger partial charge in [0.1, 0.15) is 5.82 Å². The van der Waals surface area contributed by atoms with E-state index >= 15 is 0 Å². The van der Waals surface area contributed by atoms with Crippen molar-refractivity contribution in [3.8, 4) is 0 Å². The third kappa shape index (κ3) is 1.95. The molecule has 0 saturated carbocycles. The van der Waals surface area contributed by atoms with E-state index in [9.17, 15) is 14.0 Å². The Balaban J connectivity index is 2.16. The smallest absolute Gasteiger partial charge is 0.324 e. The Morgan fingerprint density at radius 3 is 2.56 bits per heavy atom. The highest BCUT2D eigenvalue weighted by molar-refractivity contribution is 6.09. The Bertz CT molecular complexity index is 511. The second-order valence-electron chi connectivity index (χ2n) is 4.30. The first-order valence-corrected chi connectivity index (χ1v) is 5.34. The van der Waals surface area contributed by atoms with E-state index in [0.717, 1.165) is 0 Å². The van der Waals surface area contributed by atoms with Crippen LogP contribution in [0.15, 0.2) is 18.2 Å². The zero-order valence-corrected chi connectivity index (χ0v) is 9.70. The summed E-state index contributed by atoms with van der Waals surface area (Å²) in [5.74, 6) is -2.25. The molecule has 1 fully saturated rings. The van der Waals surface area contributed by atoms with Crippen molar-refractivity contribution in [3.63, 3.8) is 0 Å². The van der Waals surface area contributed by atoms with Crippen LogP contribution in [0.4, 0.5) is 10.1 Å². The van der Waals surface area contributed by atoms with Gasteiger partial charge in [-0.1, -0.05) is 0 Å². The monoisotopic (exact) mass is 253 g/mol. The summed E-state index contributed by atoms with van der Waals surface area (Å²) in [4.78, 5) is 22.9. The molecule has 6 heteroatoms. The Morgan fingerprint density at radius 1 is 1.44 bits per heavy atom. The van der Waals surface area contributed by atoms with E-state index in [2.05, 4.69) is 5.32 Å². The van der Waals surface area contributed by atoms with Crippen molar-refractivity contribution >= 4 is 17.6 Å². The number of aliphatic carboxylic acids is 1. The van der Waals surface area contributed by atoms with Crippen LogP contribution in [0.3, 0.4) is 0 Å². The van der Waals surface area contributed by atoms with Crippen molar-refractivity contribution in [2.45, 2.75) is 6.92 Å². The van der Waals surface area contributed by atoms with Gasteiger partial charge in [0.05, 0.1) is 13.2 Å². The number of nitrogens with one attached hydrogen (secondary N) is 1. The molecule has 1 saturated heterocycles. The third-order valence-electron chi connectivity index (χ3n) is 2.96. The molecule has 1 aromatic carbocycles. The van der Waals surface area contributed by atoms with Crippen molar-refractivity contribution in [1.29, 1.82) is 0 Å². The lowest BCUT2D eigenvalue weighted by molar-refractivity contribution is -0.182. The van der Waals surface area contributed by atoms with Gasteiger partial charge in [0, 0.05) is 5.69 Å². The fourth-order valence-corrected chi connectivity index (χ4v) is 1.63. The van der Waals surface area contributed by atoms with Gasteiger partial charge in [-0.25, -0.2) is 4.39 Å². The molecule has 0 atom stereocenters. The van der Waals surface area contributed by atoms with Gasteiger partial charge >= 0.3 is 5.97 Å². The minimum Gasteiger partial charge on any atom is -0.480 e. The molecule has 0 spiro atoms. The molecule has 0 aliphatic carbocycles. The maximum atomic E-state index is 13.0. The summed E-state index contributed by atoms with van der Waals surface area (Å²) in [6.07, 6.45) is 0. The van der Waals surface area contributed by atoms with E-state index < -0.39 is 17.3 Å².